The van der Waals surface area contributed by atoms with Crippen LogP contribution >= 0.6 is 11.6 Å². The van der Waals surface area contributed by atoms with E-state index in [0.717, 1.165) is 0 Å². The van der Waals surface area contributed by atoms with Gasteiger partial charge in [0, 0.05) is 17.9 Å². The van der Waals surface area contributed by atoms with Crippen molar-refractivity contribution < 1.29 is 30.0 Å². The van der Waals surface area contributed by atoms with Crippen LogP contribution in [0.4, 0.5) is 0 Å². The number of benzene rings is 1. The van der Waals surface area contributed by atoms with Gasteiger partial charge in [0.2, 0.25) is 0 Å². The van der Waals surface area contributed by atoms with Crippen LogP contribution in [0.3, 0.4) is 0 Å². The minimum absolute atomic E-state index is 0.0324. The molecule has 0 spiro atoms. The number of carboxylic acid groups (broad SMARTS) is 1. The average molecular weight is 437 g/mol. The van der Waals surface area contributed by atoms with E-state index in [1.165, 1.54) is 6.08 Å². The Labute approximate surface area is 182 Å². The maximum absolute atomic E-state index is 10.4. The average Bonchev–Trinajstić information content (AvgIpc) is 2.69. The van der Waals surface area contributed by atoms with Crippen molar-refractivity contribution in [3.8, 4) is 5.75 Å². The quantitative estimate of drug-likeness (QED) is 0.331. The SMILES string of the molecule is O=C(O)CCC[C@H](O)[C@H](O)C=CC=CC=CC=C[C@H](O)CCOc1cccc(Cl)c1. The molecule has 0 aliphatic rings. The Bertz CT molecular complexity index is 741. The molecular formula is C23H29ClO6. The van der Waals surface area contributed by atoms with Crippen molar-refractivity contribution in [2.45, 2.75) is 44.0 Å². The third kappa shape index (κ3) is 13.0. The van der Waals surface area contributed by atoms with Gasteiger partial charge in [-0.25, -0.2) is 0 Å². The second-order valence-corrected chi connectivity index (χ2v) is 6.98. The molecule has 6 nitrogen and oxygen atoms in total. The largest absolute Gasteiger partial charge is 0.493 e. The topological polar surface area (TPSA) is 107 Å². The summed E-state index contributed by atoms with van der Waals surface area (Å²) in [6.45, 7) is 0.366. The predicted octanol–water partition coefficient (Wildman–Crippen LogP) is 3.67. The first-order chi connectivity index (χ1) is 14.4. The zero-order chi connectivity index (χ0) is 22.2. The van der Waals surface area contributed by atoms with E-state index < -0.39 is 24.3 Å². The van der Waals surface area contributed by atoms with Crippen molar-refractivity contribution in [3.63, 3.8) is 0 Å². The summed E-state index contributed by atoms with van der Waals surface area (Å²) in [5, 5.41) is 38.5. The van der Waals surface area contributed by atoms with Crippen molar-refractivity contribution in [2.75, 3.05) is 6.61 Å². The fourth-order valence-corrected chi connectivity index (χ4v) is 2.52. The fourth-order valence-electron chi connectivity index (χ4n) is 2.34. The van der Waals surface area contributed by atoms with Crippen LogP contribution in [0, 0.1) is 0 Å². The Morgan fingerprint density at radius 3 is 2.33 bits per heavy atom. The lowest BCUT2D eigenvalue weighted by Gasteiger charge is -2.13. The normalized spacial score (nSPS) is 15.3. The third-order valence-corrected chi connectivity index (χ3v) is 4.20. The van der Waals surface area contributed by atoms with Crippen molar-refractivity contribution in [2.24, 2.45) is 0 Å². The van der Waals surface area contributed by atoms with Crippen molar-refractivity contribution >= 4 is 17.6 Å². The number of hydrogen-bond acceptors (Lipinski definition) is 5. The molecule has 0 saturated heterocycles. The van der Waals surface area contributed by atoms with Gasteiger partial charge < -0.3 is 25.2 Å². The number of halogens is 1. The number of carboxylic acids is 1. The number of allylic oxidation sites excluding steroid dienone is 6. The Kier molecular flexibility index (Phi) is 13.2. The van der Waals surface area contributed by atoms with Crippen LogP contribution in [0.15, 0.2) is 72.9 Å². The molecule has 0 unspecified atom stereocenters. The molecule has 0 heterocycles. The number of carbonyl (C=O) groups is 1. The molecule has 164 valence electrons. The minimum Gasteiger partial charge on any atom is -0.493 e. The maximum atomic E-state index is 10.4. The van der Waals surface area contributed by atoms with E-state index in [2.05, 4.69) is 0 Å². The van der Waals surface area contributed by atoms with Crippen molar-refractivity contribution in [1.82, 2.24) is 0 Å². The number of hydrogen-bond donors (Lipinski definition) is 4. The van der Waals surface area contributed by atoms with Crippen molar-refractivity contribution in [1.29, 1.82) is 0 Å². The van der Waals surface area contributed by atoms with Gasteiger partial charge in [0.05, 0.1) is 24.9 Å². The van der Waals surface area contributed by atoms with E-state index in [4.69, 9.17) is 21.4 Å². The van der Waals surface area contributed by atoms with Gasteiger partial charge in [-0.1, -0.05) is 66.3 Å². The number of rotatable bonds is 14. The third-order valence-electron chi connectivity index (χ3n) is 3.96. The molecule has 0 aromatic heterocycles. The zero-order valence-electron chi connectivity index (χ0n) is 16.7. The van der Waals surface area contributed by atoms with Crippen LogP contribution in [-0.4, -0.2) is 51.3 Å². The first kappa shape index (κ1) is 25.7. The van der Waals surface area contributed by atoms with Gasteiger partial charge in [0.15, 0.2) is 0 Å². The van der Waals surface area contributed by atoms with E-state index in [1.54, 1.807) is 66.8 Å². The van der Waals surface area contributed by atoms with Gasteiger partial charge in [-0.3, -0.25) is 4.79 Å². The first-order valence-corrected chi connectivity index (χ1v) is 10.1. The molecule has 1 aromatic rings. The molecule has 0 aliphatic heterocycles. The van der Waals surface area contributed by atoms with E-state index >= 15 is 0 Å². The lowest BCUT2D eigenvalue weighted by molar-refractivity contribution is -0.137. The minimum atomic E-state index is -1.04. The van der Waals surface area contributed by atoms with Crippen LogP contribution in [0.1, 0.15) is 25.7 Å². The lowest BCUT2D eigenvalue weighted by atomic mass is 10.1. The zero-order valence-corrected chi connectivity index (χ0v) is 17.4. The Morgan fingerprint density at radius 1 is 1.00 bits per heavy atom. The van der Waals surface area contributed by atoms with Gasteiger partial charge in [-0.05, 0) is 31.0 Å². The molecule has 1 aromatic carbocycles. The van der Waals surface area contributed by atoms with Gasteiger partial charge in [-0.2, -0.15) is 0 Å². The molecule has 7 heteroatoms. The molecule has 0 saturated carbocycles. The lowest BCUT2D eigenvalue weighted by Crippen LogP contribution is -2.23. The van der Waals surface area contributed by atoms with E-state index in [0.29, 0.717) is 30.2 Å². The summed E-state index contributed by atoms with van der Waals surface area (Å²) >= 11 is 5.87. The Hall–Kier alpha value is -2.38. The smallest absolute Gasteiger partial charge is 0.303 e. The van der Waals surface area contributed by atoms with Crippen LogP contribution in [-0.2, 0) is 4.79 Å². The molecule has 4 N–H and O–H groups in total. The Balaban J connectivity index is 2.21. The highest BCUT2D eigenvalue weighted by molar-refractivity contribution is 6.30. The van der Waals surface area contributed by atoms with Crippen LogP contribution < -0.4 is 4.74 Å². The van der Waals surface area contributed by atoms with Crippen LogP contribution in [0.5, 0.6) is 5.75 Å². The van der Waals surface area contributed by atoms with Gasteiger partial charge >= 0.3 is 5.97 Å². The molecular weight excluding hydrogens is 408 g/mol. The van der Waals surface area contributed by atoms with E-state index in [9.17, 15) is 20.1 Å². The number of ether oxygens (including phenoxy) is 1. The molecule has 0 amide bonds. The summed E-state index contributed by atoms with van der Waals surface area (Å²) in [4.78, 5) is 10.4. The summed E-state index contributed by atoms with van der Waals surface area (Å²) in [6, 6.07) is 7.08. The molecule has 30 heavy (non-hydrogen) atoms. The van der Waals surface area contributed by atoms with Crippen LogP contribution in [0.25, 0.3) is 0 Å². The van der Waals surface area contributed by atoms with Gasteiger partial charge in [-0.15, -0.1) is 0 Å². The standard InChI is InChI=1S/C23H29ClO6/c24-18-9-7-11-20(17-18)30-16-15-19(25)10-5-3-1-2-4-6-12-21(26)22(27)13-8-14-23(28)29/h1-7,9-12,17,19,21-22,25-27H,8,13-16H2,(H,28,29)/t19-,21+,22-/m0/s1. The van der Waals surface area contributed by atoms with Gasteiger partial charge in [0.1, 0.15) is 5.75 Å². The monoisotopic (exact) mass is 436 g/mol. The number of aliphatic carboxylic acids is 1. The summed E-state index contributed by atoms with van der Waals surface area (Å²) in [6.07, 6.45) is 11.6. The highest BCUT2D eigenvalue weighted by Gasteiger charge is 2.12. The Morgan fingerprint density at radius 2 is 1.67 bits per heavy atom. The first-order valence-electron chi connectivity index (χ1n) is 9.71. The molecule has 0 bridgehead atoms. The summed E-state index contributed by atoms with van der Waals surface area (Å²) in [7, 11) is 0. The predicted molar refractivity (Wildman–Crippen MR) is 118 cm³/mol. The van der Waals surface area contributed by atoms with Gasteiger partial charge in [0.25, 0.3) is 0 Å². The highest BCUT2D eigenvalue weighted by Crippen LogP contribution is 2.17. The van der Waals surface area contributed by atoms with Crippen molar-refractivity contribution in [3.05, 3.63) is 77.9 Å². The van der Waals surface area contributed by atoms with Crippen LogP contribution in [0.2, 0.25) is 5.02 Å². The molecule has 1 rings (SSSR count). The molecule has 3 atom stereocenters. The van der Waals surface area contributed by atoms with E-state index in [1.807, 2.05) is 0 Å². The maximum Gasteiger partial charge on any atom is 0.303 e. The molecule has 0 fully saturated rings. The number of aliphatic hydroxyl groups is 3. The molecule has 0 radical (unpaired) electrons. The second kappa shape index (κ2) is 15.5. The second-order valence-electron chi connectivity index (χ2n) is 6.55. The molecule has 0 aliphatic carbocycles. The highest BCUT2D eigenvalue weighted by atomic mass is 35.5. The number of aliphatic hydroxyl groups excluding tert-OH is 3. The van der Waals surface area contributed by atoms with E-state index in [-0.39, 0.29) is 12.8 Å². The fraction of sp³-hybridized carbons (Fsp3) is 0.348. The summed E-state index contributed by atoms with van der Waals surface area (Å²) in [5.41, 5.74) is 0. The summed E-state index contributed by atoms with van der Waals surface area (Å²) < 4.78 is 5.52. The summed E-state index contributed by atoms with van der Waals surface area (Å²) in [5.74, 6) is -0.260.